The summed E-state index contributed by atoms with van der Waals surface area (Å²) in [7, 11) is 0. The molecule has 0 spiro atoms. The van der Waals surface area contributed by atoms with Crippen molar-refractivity contribution in [2.45, 2.75) is 51.7 Å². The van der Waals surface area contributed by atoms with E-state index in [1.165, 1.54) is 28.3 Å². The molecule has 0 amide bonds. The summed E-state index contributed by atoms with van der Waals surface area (Å²) in [4.78, 5) is 14.4. The van der Waals surface area contributed by atoms with Crippen molar-refractivity contribution >= 4 is 10.9 Å². The lowest BCUT2D eigenvalue weighted by atomic mass is 9.97. The molecule has 3 N–H and O–H groups in total. The van der Waals surface area contributed by atoms with Crippen molar-refractivity contribution in [2.24, 2.45) is 0 Å². The molecule has 28 heavy (non-hydrogen) atoms. The van der Waals surface area contributed by atoms with E-state index in [9.17, 15) is 9.90 Å². The highest BCUT2D eigenvalue weighted by Crippen LogP contribution is 2.28. The number of aromatic nitrogens is 1. The maximum absolute atomic E-state index is 11.5. The van der Waals surface area contributed by atoms with Crippen molar-refractivity contribution in [1.29, 1.82) is 0 Å². The van der Waals surface area contributed by atoms with Crippen LogP contribution in [0.2, 0.25) is 0 Å². The molecule has 146 valence electrons. The number of hydrogen-bond acceptors (Lipinski definition) is 3. The molecule has 1 atom stereocenters. The summed E-state index contributed by atoms with van der Waals surface area (Å²) in [6.07, 6.45) is 3.58. The molecular weight excluding hydrogens is 348 g/mol. The Kier molecular flexibility index (Phi) is 5.33. The van der Waals surface area contributed by atoms with E-state index in [-0.39, 0.29) is 5.56 Å². The van der Waals surface area contributed by atoms with Gasteiger partial charge >= 0.3 is 0 Å². The first-order valence-corrected chi connectivity index (χ1v) is 10.3. The number of hydrogen-bond donors (Lipinski definition) is 3. The third-order valence-electron chi connectivity index (χ3n) is 5.97. The van der Waals surface area contributed by atoms with E-state index >= 15 is 0 Å². The predicted molar refractivity (Wildman–Crippen MR) is 114 cm³/mol. The molecule has 0 saturated heterocycles. The first-order chi connectivity index (χ1) is 13.6. The zero-order chi connectivity index (χ0) is 19.7. The summed E-state index contributed by atoms with van der Waals surface area (Å²) in [5.41, 5.74) is 7.31. The Morgan fingerprint density at radius 2 is 1.75 bits per heavy atom. The Hall–Kier alpha value is -2.43. The van der Waals surface area contributed by atoms with E-state index in [1.54, 1.807) is 6.07 Å². The van der Waals surface area contributed by atoms with Crippen LogP contribution in [-0.2, 0) is 25.7 Å². The van der Waals surface area contributed by atoms with Crippen LogP contribution in [0.5, 0.6) is 0 Å². The average Bonchev–Trinajstić information content (AvgIpc) is 3.11. The molecule has 3 aromatic rings. The van der Waals surface area contributed by atoms with Crippen molar-refractivity contribution in [1.82, 2.24) is 10.3 Å². The van der Waals surface area contributed by atoms with Crippen LogP contribution in [0.25, 0.3) is 10.9 Å². The second-order valence-corrected chi connectivity index (χ2v) is 7.76. The van der Waals surface area contributed by atoms with E-state index in [1.807, 2.05) is 18.2 Å². The van der Waals surface area contributed by atoms with Crippen LogP contribution in [0.3, 0.4) is 0 Å². The van der Waals surface area contributed by atoms with E-state index in [0.29, 0.717) is 12.6 Å². The molecule has 0 bridgehead atoms. The molecule has 0 saturated carbocycles. The molecule has 0 fully saturated rings. The van der Waals surface area contributed by atoms with Gasteiger partial charge in [-0.25, -0.2) is 0 Å². The molecule has 2 aromatic carbocycles. The standard InChI is InChI=1S/C24H28N2O2/c1-3-15-10-17-12-19(13-18(17)11-16(15)4-2)25-14-23(27)21-6-5-7-22-20(21)8-9-24(28)26-22/h5-11,19,23,25,27H,3-4,12-14H2,1-2H3,(H,26,28)/t23-/m0/s1. The molecule has 1 aliphatic rings. The Morgan fingerprint density at radius 3 is 2.39 bits per heavy atom. The van der Waals surface area contributed by atoms with Gasteiger partial charge in [-0.05, 0) is 65.6 Å². The van der Waals surface area contributed by atoms with Crippen LogP contribution >= 0.6 is 0 Å². The highest BCUT2D eigenvalue weighted by molar-refractivity contribution is 5.82. The summed E-state index contributed by atoms with van der Waals surface area (Å²) < 4.78 is 0. The van der Waals surface area contributed by atoms with Gasteiger partial charge in [-0.3, -0.25) is 4.79 Å². The van der Waals surface area contributed by atoms with Gasteiger partial charge < -0.3 is 15.4 Å². The third kappa shape index (κ3) is 3.62. The molecule has 4 nitrogen and oxygen atoms in total. The lowest BCUT2D eigenvalue weighted by molar-refractivity contribution is 0.171. The summed E-state index contributed by atoms with van der Waals surface area (Å²) in [6.45, 7) is 4.94. The summed E-state index contributed by atoms with van der Waals surface area (Å²) in [5.74, 6) is 0. The fraction of sp³-hybridized carbons (Fsp3) is 0.375. The minimum Gasteiger partial charge on any atom is -0.387 e. The van der Waals surface area contributed by atoms with Crippen molar-refractivity contribution in [3.8, 4) is 0 Å². The molecule has 0 radical (unpaired) electrons. The number of H-pyrrole nitrogens is 1. The van der Waals surface area contributed by atoms with Gasteiger partial charge in [0.15, 0.2) is 0 Å². The summed E-state index contributed by atoms with van der Waals surface area (Å²) >= 11 is 0. The zero-order valence-electron chi connectivity index (χ0n) is 16.6. The van der Waals surface area contributed by atoms with Gasteiger partial charge in [0, 0.05) is 29.6 Å². The molecule has 4 rings (SSSR count). The molecule has 0 aliphatic heterocycles. The van der Waals surface area contributed by atoms with Crippen molar-refractivity contribution in [2.75, 3.05) is 6.54 Å². The SMILES string of the molecule is CCc1cc2c(cc1CC)CC(NC[C@H](O)c1cccc3[nH]c(=O)ccc13)C2. The van der Waals surface area contributed by atoms with E-state index < -0.39 is 6.10 Å². The maximum atomic E-state index is 11.5. The summed E-state index contributed by atoms with van der Waals surface area (Å²) in [6, 6.07) is 14.1. The second-order valence-electron chi connectivity index (χ2n) is 7.76. The fourth-order valence-corrected chi connectivity index (χ4v) is 4.47. The number of nitrogens with one attached hydrogen (secondary N) is 2. The second kappa shape index (κ2) is 7.90. The number of fused-ring (bicyclic) bond motifs is 2. The van der Waals surface area contributed by atoms with Crippen LogP contribution in [0.4, 0.5) is 0 Å². The number of pyridine rings is 1. The van der Waals surface area contributed by atoms with Gasteiger partial charge in [0.05, 0.1) is 6.10 Å². The van der Waals surface area contributed by atoms with Crippen LogP contribution in [0.1, 0.15) is 47.8 Å². The van der Waals surface area contributed by atoms with Gasteiger partial charge in [0.1, 0.15) is 0 Å². The maximum Gasteiger partial charge on any atom is 0.248 e. The van der Waals surface area contributed by atoms with Crippen LogP contribution in [0, 0.1) is 0 Å². The van der Waals surface area contributed by atoms with Crippen LogP contribution in [0.15, 0.2) is 47.3 Å². The number of benzene rings is 2. The minimum absolute atomic E-state index is 0.126. The lowest BCUT2D eigenvalue weighted by Crippen LogP contribution is -2.33. The van der Waals surface area contributed by atoms with Gasteiger partial charge in [-0.2, -0.15) is 0 Å². The number of aromatic amines is 1. The lowest BCUT2D eigenvalue weighted by Gasteiger charge is -2.18. The first kappa shape index (κ1) is 18.9. The predicted octanol–water partition coefficient (Wildman–Crippen LogP) is 3.44. The topological polar surface area (TPSA) is 65.1 Å². The Labute approximate surface area is 165 Å². The highest BCUT2D eigenvalue weighted by Gasteiger charge is 2.23. The molecule has 1 aromatic heterocycles. The third-order valence-corrected chi connectivity index (χ3v) is 5.97. The molecule has 4 heteroatoms. The summed E-state index contributed by atoms with van der Waals surface area (Å²) in [5, 5.41) is 15.2. The van der Waals surface area contributed by atoms with Gasteiger partial charge in [0.2, 0.25) is 5.56 Å². The Balaban J connectivity index is 1.46. The van der Waals surface area contributed by atoms with Crippen molar-refractivity contribution in [3.05, 3.63) is 80.6 Å². The molecule has 1 aliphatic carbocycles. The molecule has 1 heterocycles. The smallest absolute Gasteiger partial charge is 0.248 e. The first-order valence-electron chi connectivity index (χ1n) is 10.3. The van der Waals surface area contributed by atoms with Crippen molar-refractivity contribution < 1.29 is 5.11 Å². The molecule has 0 unspecified atom stereocenters. The monoisotopic (exact) mass is 376 g/mol. The van der Waals surface area contributed by atoms with Crippen LogP contribution < -0.4 is 10.9 Å². The number of aliphatic hydroxyl groups excluding tert-OH is 1. The van der Waals surface area contributed by atoms with E-state index in [0.717, 1.165) is 42.1 Å². The van der Waals surface area contributed by atoms with Crippen LogP contribution in [-0.4, -0.2) is 22.7 Å². The van der Waals surface area contributed by atoms with E-state index in [4.69, 9.17) is 0 Å². The largest absolute Gasteiger partial charge is 0.387 e. The Morgan fingerprint density at radius 1 is 1.07 bits per heavy atom. The van der Waals surface area contributed by atoms with Gasteiger partial charge in [-0.1, -0.05) is 38.1 Å². The zero-order valence-corrected chi connectivity index (χ0v) is 16.6. The average molecular weight is 377 g/mol. The van der Waals surface area contributed by atoms with Gasteiger partial charge in [0.25, 0.3) is 0 Å². The Bertz CT molecular complexity index is 1020. The number of aliphatic hydroxyl groups is 1. The number of rotatable bonds is 6. The van der Waals surface area contributed by atoms with E-state index in [2.05, 4.69) is 36.3 Å². The normalized spacial score (nSPS) is 15.1. The quantitative estimate of drug-likeness (QED) is 0.617. The minimum atomic E-state index is -0.615. The number of aryl methyl sites for hydroxylation is 2. The molecular formula is C24H28N2O2. The fourth-order valence-electron chi connectivity index (χ4n) is 4.47. The van der Waals surface area contributed by atoms with Gasteiger partial charge in [-0.15, -0.1) is 0 Å². The highest BCUT2D eigenvalue weighted by atomic mass is 16.3. The van der Waals surface area contributed by atoms with Crippen molar-refractivity contribution in [3.63, 3.8) is 0 Å².